The van der Waals surface area contributed by atoms with E-state index in [-0.39, 0.29) is 0 Å². The van der Waals surface area contributed by atoms with Gasteiger partial charge in [0.05, 0.1) is 55.0 Å². The van der Waals surface area contributed by atoms with Gasteiger partial charge in [0, 0.05) is 69.2 Å². The molecule has 4 aromatic heterocycles. The average molecular weight is 975 g/mol. The molecule has 6 heteroatoms. The van der Waals surface area contributed by atoms with E-state index < -0.39 is 0 Å². The van der Waals surface area contributed by atoms with E-state index >= 15 is 0 Å². The molecule has 0 bridgehead atoms. The Balaban J connectivity index is 1.24. The van der Waals surface area contributed by atoms with E-state index in [2.05, 4.69) is 214 Å². The molecule has 0 spiro atoms. The molecule has 0 aliphatic rings. The number of thiophene rings is 2. The first-order chi connectivity index (χ1) is 36.7. The molecule has 0 saturated carbocycles. The zero-order chi connectivity index (χ0) is 49.0. The van der Waals surface area contributed by atoms with Crippen molar-refractivity contribution in [1.29, 1.82) is 5.26 Å². The van der Waals surface area contributed by atoms with Crippen LogP contribution in [0, 0.1) is 17.9 Å². The van der Waals surface area contributed by atoms with Crippen LogP contribution in [0.2, 0.25) is 0 Å². The number of hydrogen-bond acceptors (Lipinski definition) is 3. The van der Waals surface area contributed by atoms with E-state index in [0.717, 1.165) is 103 Å². The Morgan fingerprint density at radius 3 is 1.49 bits per heavy atom. The Kier molecular flexibility index (Phi) is 9.40. The number of para-hydroxylation sites is 2. The van der Waals surface area contributed by atoms with Crippen molar-refractivity contribution in [3.05, 3.63) is 248 Å². The van der Waals surface area contributed by atoms with Crippen LogP contribution < -0.4 is 0 Å². The minimum atomic E-state index is 0.410. The Morgan fingerprint density at radius 2 is 0.838 bits per heavy atom. The normalized spacial score (nSPS) is 11.8. The molecule has 0 fully saturated rings. The second-order valence-corrected chi connectivity index (χ2v) is 20.9. The van der Waals surface area contributed by atoms with Crippen molar-refractivity contribution in [2.45, 2.75) is 0 Å². The average Bonchev–Trinajstić information content (AvgIpc) is 4.25. The van der Waals surface area contributed by atoms with Crippen molar-refractivity contribution in [2.75, 3.05) is 0 Å². The summed E-state index contributed by atoms with van der Waals surface area (Å²) in [5.74, 6) is 0. The summed E-state index contributed by atoms with van der Waals surface area (Å²) in [6.07, 6.45) is 0. The smallest absolute Gasteiger partial charge is 0.220 e. The molecule has 11 aromatic carbocycles. The Labute approximate surface area is 433 Å². The molecule has 0 N–H and O–H groups in total. The molecule has 15 aromatic rings. The van der Waals surface area contributed by atoms with Crippen LogP contribution >= 0.6 is 22.7 Å². The fourth-order valence-electron chi connectivity index (χ4n) is 11.9. The highest BCUT2D eigenvalue weighted by Gasteiger charge is 2.33. The standard InChI is InChI=1S/C68H38N4S2/c1-70-60-58(43-24-10-4-11-25-43)55(40-69)62(59(44-26-12-5-13-27-44)65(60)71-56-34-16-14-28-47(56)49-32-18-30-45(61(49)71)41-20-6-2-7-21-41)72-63-50(36-38-53-48-29-15-17-35-57(48)73-67(53)63)51-37-39-54-52-33-19-31-46(42-22-8-3-9-23-42)66(52)74-68(54)64(51)72/h2-39H. The lowest BCUT2D eigenvalue weighted by atomic mass is 9.88. The fraction of sp³-hybridized carbons (Fsp3) is 0. The first-order valence-corrected chi connectivity index (χ1v) is 26.3. The van der Waals surface area contributed by atoms with Gasteiger partial charge in [-0.1, -0.05) is 218 Å². The Hall–Kier alpha value is -9.56. The van der Waals surface area contributed by atoms with E-state index in [0.29, 0.717) is 16.8 Å². The van der Waals surface area contributed by atoms with Crippen LogP contribution in [0.15, 0.2) is 231 Å². The molecule has 0 aliphatic carbocycles. The zero-order valence-corrected chi connectivity index (χ0v) is 41.2. The molecule has 0 amide bonds. The van der Waals surface area contributed by atoms with Gasteiger partial charge in [0.2, 0.25) is 5.69 Å². The van der Waals surface area contributed by atoms with Crippen LogP contribution in [-0.2, 0) is 0 Å². The van der Waals surface area contributed by atoms with Gasteiger partial charge in [-0.2, -0.15) is 5.26 Å². The summed E-state index contributed by atoms with van der Waals surface area (Å²) in [6, 6.07) is 84.3. The van der Waals surface area contributed by atoms with Gasteiger partial charge in [-0.3, -0.25) is 0 Å². The Bertz CT molecular complexity index is 4890. The number of nitrogens with zero attached hydrogens (tertiary/aromatic N) is 4. The maximum absolute atomic E-state index is 12.3. The summed E-state index contributed by atoms with van der Waals surface area (Å²) in [5, 5.41) is 21.4. The lowest BCUT2D eigenvalue weighted by molar-refractivity contribution is 1.14. The predicted octanol–water partition coefficient (Wildman–Crippen LogP) is 19.7. The molecule has 15 rings (SSSR count). The molecule has 0 saturated heterocycles. The SMILES string of the molecule is [C-]#[N+]c1c(-c2ccccc2)c(C#N)c(-n2c3c(ccc4c5ccccc5sc43)c3ccc4c5cccc(-c6ccccc6)c5sc4c32)c(-c2ccccc2)c1-n1c2ccccc2c2cccc(-c3ccccc3)c21. The van der Waals surface area contributed by atoms with Gasteiger partial charge >= 0.3 is 0 Å². The van der Waals surface area contributed by atoms with E-state index in [1.807, 2.05) is 47.7 Å². The van der Waals surface area contributed by atoms with Crippen molar-refractivity contribution in [3.63, 3.8) is 0 Å². The first-order valence-electron chi connectivity index (χ1n) is 24.7. The summed E-state index contributed by atoms with van der Waals surface area (Å²) in [4.78, 5) is 4.63. The third-order valence-corrected chi connectivity index (χ3v) is 17.4. The van der Waals surface area contributed by atoms with Crippen molar-refractivity contribution in [3.8, 4) is 62.0 Å². The van der Waals surface area contributed by atoms with Crippen LogP contribution in [0.25, 0.3) is 145 Å². The van der Waals surface area contributed by atoms with Crippen molar-refractivity contribution >= 4 is 112 Å². The lowest BCUT2D eigenvalue weighted by Gasteiger charge is -2.26. The molecule has 0 atom stereocenters. The number of aromatic nitrogens is 2. The molecule has 0 radical (unpaired) electrons. The number of hydrogen-bond donors (Lipinski definition) is 0. The maximum Gasteiger partial charge on any atom is 0.220 e. The molecular weight excluding hydrogens is 937 g/mol. The second kappa shape index (κ2) is 16.5. The van der Waals surface area contributed by atoms with Gasteiger partial charge in [-0.25, -0.2) is 4.85 Å². The quantitative estimate of drug-likeness (QED) is 0.153. The van der Waals surface area contributed by atoms with Crippen molar-refractivity contribution in [2.24, 2.45) is 0 Å². The van der Waals surface area contributed by atoms with Crippen molar-refractivity contribution < 1.29 is 0 Å². The zero-order valence-electron chi connectivity index (χ0n) is 39.5. The number of benzene rings is 11. The highest BCUT2D eigenvalue weighted by molar-refractivity contribution is 7.27. The van der Waals surface area contributed by atoms with Crippen LogP contribution in [0.3, 0.4) is 0 Å². The van der Waals surface area contributed by atoms with Gasteiger partial charge in [0.1, 0.15) is 6.07 Å². The number of fused-ring (bicyclic) bond motifs is 14. The van der Waals surface area contributed by atoms with E-state index in [1.165, 1.54) is 31.3 Å². The molecule has 0 unspecified atom stereocenters. The van der Waals surface area contributed by atoms with Crippen LogP contribution in [0.5, 0.6) is 0 Å². The van der Waals surface area contributed by atoms with E-state index in [9.17, 15) is 11.8 Å². The summed E-state index contributed by atoms with van der Waals surface area (Å²) >= 11 is 3.62. The molecule has 4 heterocycles. The predicted molar refractivity (Wildman–Crippen MR) is 314 cm³/mol. The first kappa shape index (κ1) is 42.2. The van der Waals surface area contributed by atoms with Gasteiger partial charge in [-0.15, -0.1) is 22.7 Å². The van der Waals surface area contributed by atoms with Gasteiger partial charge in [-0.05, 0) is 39.9 Å². The molecule has 74 heavy (non-hydrogen) atoms. The Morgan fingerprint density at radius 1 is 0.365 bits per heavy atom. The lowest BCUT2D eigenvalue weighted by Crippen LogP contribution is -2.09. The largest absolute Gasteiger partial charge is 0.318 e. The van der Waals surface area contributed by atoms with Gasteiger partial charge in [0.15, 0.2) is 0 Å². The summed E-state index contributed by atoms with van der Waals surface area (Å²) in [6.45, 7) is 9.48. The van der Waals surface area contributed by atoms with Gasteiger partial charge in [0.25, 0.3) is 0 Å². The molecule has 0 aliphatic heterocycles. The van der Waals surface area contributed by atoms with E-state index in [4.69, 9.17) is 0 Å². The topological polar surface area (TPSA) is 38.0 Å². The molecule has 4 nitrogen and oxygen atoms in total. The third-order valence-electron chi connectivity index (χ3n) is 15.0. The number of nitriles is 1. The summed E-state index contributed by atoms with van der Waals surface area (Å²) in [5.41, 5.74) is 13.9. The third kappa shape index (κ3) is 5.99. The van der Waals surface area contributed by atoms with Gasteiger partial charge < -0.3 is 9.13 Å². The number of rotatable bonds is 6. The monoisotopic (exact) mass is 974 g/mol. The highest BCUT2D eigenvalue weighted by atomic mass is 32.1. The molecule has 342 valence electrons. The highest BCUT2D eigenvalue weighted by Crippen LogP contribution is 2.55. The van der Waals surface area contributed by atoms with Crippen LogP contribution in [0.1, 0.15) is 5.56 Å². The maximum atomic E-state index is 12.3. The van der Waals surface area contributed by atoms with Crippen LogP contribution in [-0.4, -0.2) is 9.13 Å². The summed E-state index contributed by atoms with van der Waals surface area (Å²) in [7, 11) is 0. The minimum Gasteiger partial charge on any atom is -0.318 e. The van der Waals surface area contributed by atoms with Crippen LogP contribution in [0.4, 0.5) is 5.69 Å². The summed E-state index contributed by atoms with van der Waals surface area (Å²) < 4.78 is 9.49. The van der Waals surface area contributed by atoms with Crippen molar-refractivity contribution in [1.82, 2.24) is 9.13 Å². The minimum absolute atomic E-state index is 0.410. The molecular formula is C68H38N4S2. The fourth-order valence-corrected chi connectivity index (χ4v) is 14.5. The van der Waals surface area contributed by atoms with E-state index in [1.54, 1.807) is 11.3 Å². The second-order valence-electron chi connectivity index (χ2n) is 18.8.